The number of furan rings is 1. The summed E-state index contributed by atoms with van der Waals surface area (Å²) in [6.07, 6.45) is 0. The first kappa shape index (κ1) is 18.7. The van der Waals surface area contributed by atoms with Gasteiger partial charge in [0.25, 0.3) is 0 Å². The minimum Gasteiger partial charge on any atom is -0.496 e. The maximum Gasteiger partial charge on any atom is 0.371 e. The lowest BCUT2D eigenvalue weighted by Gasteiger charge is -2.15. The van der Waals surface area contributed by atoms with Crippen LogP contribution in [0.4, 0.5) is 0 Å². The molecule has 0 bridgehead atoms. The van der Waals surface area contributed by atoms with Crippen LogP contribution in [0.3, 0.4) is 0 Å². The third kappa shape index (κ3) is 4.38. The van der Waals surface area contributed by atoms with Crippen molar-refractivity contribution in [2.75, 3.05) is 7.11 Å². The van der Waals surface area contributed by atoms with Gasteiger partial charge in [0, 0.05) is 12.6 Å². The molecule has 3 aromatic rings. The van der Waals surface area contributed by atoms with E-state index in [1.54, 1.807) is 13.2 Å². The van der Waals surface area contributed by atoms with E-state index in [1.165, 1.54) is 17.2 Å². The summed E-state index contributed by atoms with van der Waals surface area (Å²) < 4.78 is 10.8. The highest BCUT2D eigenvalue weighted by Gasteiger charge is 2.15. The molecule has 3 rings (SSSR count). The zero-order valence-corrected chi connectivity index (χ0v) is 15.7. The minimum atomic E-state index is -1.09. The summed E-state index contributed by atoms with van der Waals surface area (Å²) in [5.41, 5.74) is 4.25. The Morgan fingerprint density at radius 1 is 1.15 bits per heavy atom. The van der Waals surface area contributed by atoms with E-state index in [1.807, 2.05) is 18.2 Å². The standard InChI is InChI=1S/C22H23NO4/c1-14-4-7-17(8-5-14)15(2)23-13-16-6-9-19(26-3)18(12-16)20-10-11-21(27-20)22(24)25/h4-12,15,23H,13H2,1-3H3,(H,24,25)/t15-/m1/s1. The molecule has 5 nitrogen and oxygen atoms in total. The number of nitrogens with one attached hydrogen (secondary N) is 1. The zero-order chi connectivity index (χ0) is 19.4. The molecule has 0 aliphatic carbocycles. The van der Waals surface area contributed by atoms with Gasteiger partial charge in [-0.2, -0.15) is 0 Å². The van der Waals surface area contributed by atoms with Gasteiger partial charge in [-0.3, -0.25) is 0 Å². The van der Waals surface area contributed by atoms with Crippen LogP contribution >= 0.6 is 0 Å². The second kappa shape index (κ2) is 8.10. The highest BCUT2D eigenvalue weighted by atomic mass is 16.5. The first-order valence-electron chi connectivity index (χ1n) is 8.78. The summed E-state index contributed by atoms with van der Waals surface area (Å²) in [6.45, 7) is 4.87. The molecule has 140 valence electrons. The van der Waals surface area contributed by atoms with E-state index in [0.29, 0.717) is 18.1 Å². The van der Waals surface area contributed by atoms with Crippen molar-refractivity contribution in [3.63, 3.8) is 0 Å². The molecule has 5 heteroatoms. The Bertz CT molecular complexity index is 928. The average molecular weight is 365 g/mol. The Morgan fingerprint density at radius 2 is 1.89 bits per heavy atom. The van der Waals surface area contributed by atoms with E-state index in [-0.39, 0.29) is 11.8 Å². The molecule has 1 aromatic heterocycles. The van der Waals surface area contributed by atoms with E-state index >= 15 is 0 Å². The number of aromatic carboxylic acids is 1. The Hall–Kier alpha value is -3.05. The summed E-state index contributed by atoms with van der Waals surface area (Å²) in [6, 6.07) is 17.6. The lowest BCUT2D eigenvalue weighted by molar-refractivity contribution is 0.0663. The van der Waals surface area contributed by atoms with Crippen LogP contribution in [0.25, 0.3) is 11.3 Å². The molecule has 2 N–H and O–H groups in total. The Morgan fingerprint density at radius 3 is 2.52 bits per heavy atom. The largest absolute Gasteiger partial charge is 0.496 e. The average Bonchev–Trinajstić information content (AvgIpc) is 3.17. The quantitative estimate of drug-likeness (QED) is 0.628. The fourth-order valence-corrected chi connectivity index (χ4v) is 2.90. The number of benzene rings is 2. The fourth-order valence-electron chi connectivity index (χ4n) is 2.90. The normalized spacial score (nSPS) is 12.0. The van der Waals surface area contributed by atoms with E-state index < -0.39 is 5.97 Å². The van der Waals surface area contributed by atoms with Crippen LogP contribution in [-0.4, -0.2) is 18.2 Å². The van der Waals surface area contributed by atoms with Crippen molar-refractivity contribution in [1.29, 1.82) is 0 Å². The van der Waals surface area contributed by atoms with Crippen LogP contribution in [-0.2, 0) is 6.54 Å². The fraction of sp³-hybridized carbons (Fsp3) is 0.227. The zero-order valence-electron chi connectivity index (χ0n) is 15.7. The first-order valence-corrected chi connectivity index (χ1v) is 8.78. The molecule has 0 fully saturated rings. The van der Waals surface area contributed by atoms with Crippen molar-refractivity contribution >= 4 is 5.97 Å². The summed E-state index contributed by atoms with van der Waals surface area (Å²) >= 11 is 0. The molecule has 0 aliphatic rings. The van der Waals surface area contributed by atoms with Crippen LogP contribution in [0.1, 0.15) is 40.2 Å². The number of rotatable bonds is 7. The molecule has 0 radical (unpaired) electrons. The number of ether oxygens (including phenoxy) is 1. The SMILES string of the molecule is COc1ccc(CN[C@H](C)c2ccc(C)cc2)cc1-c1ccc(C(=O)O)o1. The van der Waals surface area contributed by atoms with Gasteiger partial charge >= 0.3 is 5.97 Å². The second-order valence-electron chi connectivity index (χ2n) is 6.52. The second-order valence-corrected chi connectivity index (χ2v) is 6.52. The molecule has 0 unspecified atom stereocenters. The van der Waals surface area contributed by atoms with Gasteiger partial charge in [-0.15, -0.1) is 0 Å². The number of methoxy groups -OCH3 is 1. The topological polar surface area (TPSA) is 71.7 Å². The molecule has 0 saturated heterocycles. The van der Waals surface area contributed by atoms with Crippen molar-refractivity contribution in [3.8, 4) is 17.1 Å². The summed E-state index contributed by atoms with van der Waals surface area (Å²) in [4.78, 5) is 11.1. The van der Waals surface area contributed by atoms with Gasteiger partial charge < -0.3 is 19.6 Å². The van der Waals surface area contributed by atoms with E-state index in [0.717, 1.165) is 11.1 Å². The molecule has 0 spiro atoms. The highest BCUT2D eigenvalue weighted by Crippen LogP contribution is 2.32. The third-order valence-electron chi connectivity index (χ3n) is 4.54. The van der Waals surface area contributed by atoms with Gasteiger partial charge in [-0.25, -0.2) is 4.79 Å². The molecular formula is C22H23NO4. The lowest BCUT2D eigenvalue weighted by Crippen LogP contribution is -2.18. The molecule has 2 aromatic carbocycles. The predicted molar refractivity (Wildman–Crippen MR) is 104 cm³/mol. The van der Waals surface area contributed by atoms with Gasteiger partial charge in [0.15, 0.2) is 0 Å². The Labute approximate surface area is 158 Å². The number of aryl methyl sites for hydroxylation is 1. The first-order chi connectivity index (χ1) is 13.0. The van der Waals surface area contributed by atoms with Gasteiger partial charge in [0.05, 0.1) is 12.7 Å². The molecule has 27 heavy (non-hydrogen) atoms. The number of carbonyl (C=O) groups is 1. The number of carboxylic acid groups (broad SMARTS) is 1. The smallest absolute Gasteiger partial charge is 0.371 e. The Balaban J connectivity index is 1.78. The van der Waals surface area contributed by atoms with Gasteiger partial charge in [-0.05, 0) is 49.2 Å². The van der Waals surface area contributed by atoms with Crippen LogP contribution < -0.4 is 10.1 Å². The van der Waals surface area contributed by atoms with Crippen LogP contribution in [0.15, 0.2) is 59.0 Å². The van der Waals surface area contributed by atoms with E-state index in [9.17, 15) is 4.79 Å². The molecule has 0 aliphatic heterocycles. The summed E-state index contributed by atoms with van der Waals surface area (Å²) in [5.74, 6) is -0.0807. The number of hydrogen-bond acceptors (Lipinski definition) is 4. The monoisotopic (exact) mass is 365 g/mol. The van der Waals surface area contributed by atoms with Gasteiger partial charge in [0.1, 0.15) is 11.5 Å². The van der Waals surface area contributed by atoms with Gasteiger partial charge in [0.2, 0.25) is 5.76 Å². The number of hydrogen-bond donors (Lipinski definition) is 2. The predicted octanol–water partition coefficient (Wildman–Crippen LogP) is 4.81. The van der Waals surface area contributed by atoms with Crippen LogP contribution in [0, 0.1) is 6.92 Å². The maximum atomic E-state index is 11.1. The van der Waals surface area contributed by atoms with Crippen molar-refractivity contribution in [1.82, 2.24) is 5.32 Å². The molecule has 0 amide bonds. The lowest BCUT2D eigenvalue weighted by atomic mass is 10.0. The summed E-state index contributed by atoms with van der Waals surface area (Å²) in [7, 11) is 1.58. The van der Waals surface area contributed by atoms with Crippen molar-refractivity contribution in [2.24, 2.45) is 0 Å². The van der Waals surface area contributed by atoms with E-state index in [4.69, 9.17) is 14.3 Å². The van der Waals surface area contributed by atoms with E-state index in [2.05, 4.69) is 43.4 Å². The van der Waals surface area contributed by atoms with Crippen molar-refractivity contribution in [2.45, 2.75) is 26.4 Å². The highest BCUT2D eigenvalue weighted by molar-refractivity contribution is 5.85. The minimum absolute atomic E-state index is 0.0939. The molecular weight excluding hydrogens is 342 g/mol. The van der Waals surface area contributed by atoms with Crippen LogP contribution in [0.2, 0.25) is 0 Å². The maximum absolute atomic E-state index is 11.1. The van der Waals surface area contributed by atoms with Crippen molar-refractivity contribution < 1.29 is 19.1 Å². The summed E-state index contributed by atoms with van der Waals surface area (Å²) in [5, 5.41) is 12.6. The third-order valence-corrected chi connectivity index (χ3v) is 4.54. The molecule has 1 heterocycles. The van der Waals surface area contributed by atoms with Crippen LogP contribution in [0.5, 0.6) is 5.75 Å². The molecule has 1 atom stereocenters. The van der Waals surface area contributed by atoms with Crippen molar-refractivity contribution in [3.05, 3.63) is 77.0 Å². The van der Waals surface area contributed by atoms with Gasteiger partial charge in [-0.1, -0.05) is 35.9 Å². The number of carboxylic acids is 1. The molecule has 0 saturated carbocycles. The Kier molecular flexibility index (Phi) is 5.62.